The Bertz CT molecular complexity index is 588. The fourth-order valence-electron chi connectivity index (χ4n) is 1.62. The topological polar surface area (TPSA) is 70.7 Å². The number of aryl methyl sites for hydroxylation is 1. The molecule has 1 heterocycles. The number of hydrogen-bond donors (Lipinski definition) is 2. The molecular formula is C13H11FO4. The van der Waals surface area contributed by atoms with E-state index in [-0.39, 0.29) is 17.3 Å². The average molecular weight is 250 g/mol. The van der Waals surface area contributed by atoms with E-state index in [0.717, 1.165) is 0 Å². The third kappa shape index (κ3) is 2.26. The lowest BCUT2D eigenvalue weighted by Gasteiger charge is -2.09. The minimum atomic E-state index is -1.20. The Hall–Kier alpha value is -2.14. The van der Waals surface area contributed by atoms with Crippen LogP contribution in [-0.4, -0.2) is 16.2 Å². The fourth-order valence-corrected chi connectivity index (χ4v) is 1.62. The van der Waals surface area contributed by atoms with Gasteiger partial charge in [0.1, 0.15) is 17.7 Å². The molecule has 0 bridgehead atoms. The van der Waals surface area contributed by atoms with Crippen molar-refractivity contribution in [1.82, 2.24) is 0 Å². The van der Waals surface area contributed by atoms with Crippen LogP contribution in [0.4, 0.5) is 4.39 Å². The first-order chi connectivity index (χ1) is 8.49. The monoisotopic (exact) mass is 250 g/mol. The summed E-state index contributed by atoms with van der Waals surface area (Å²) in [6, 6.07) is 6.80. The molecule has 2 N–H and O–H groups in total. The Balaban J connectivity index is 2.31. The van der Waals surface area contributed by atoms with Crippen LogP contribution in [0.2, 0.25) is 0 Å². The van der Waals surface area contributed by atoms with E-state index in [4.69, 9.17) is 9.52 Å². The molecule has 1 aromatic heterocycles. The van der Waals surface area contributed by atoms with Gasteiger partial charge < -0.3 is 14.6 Å². The first kappa shape index (κ1) is 12.3. The van der Waals surface area contributed by atoms with Crippen molar-refractivity contribution >= 4 is 5.97 Å². The maximum atomic E-state index is 13.1. The average Bonchev–Trinajstić information content (AvgIpc) is 2.81. The lowest BCUT2D eigenvalue weighted by Crippen LogP contribution is -2.00. The van der Waals surface area contributed by atoms with Gasteiger partial charge in [0.05, 0.1) is 0 Å². The number of carbonyl (C=O) groups is 1. The highest BCUT2D eigenvalue weighted by atomic mass is 19.1. The van der Waals surface area contributed by atoms with Crippen LogP contribution in [0.1, 0.15) is 33.5 Å². The molecule has 0 saturated carbocycles. The normalized spacial score (nSPS) is 12.4. The first-order valence-corrected chi connectivity index (χ1v) is 5.26. The zero-order valence-corrected chi connectivity index (χ0v) is 9.55. The molecule has 0 aliphatic rings. The summed E-state index contributed by atoms with van der Waals surface area (Å²) in [5.41, 5.74) is 0.844. The van der Waals surface area contributed by atoms with Crippen molar-refractivity contribution in [2.75, 3.05) is 0 Å². The van der Waals surface area contributed by atoms with Gasteiger partial charge in [-0.3, -0.25) is 0 Å². The molecule has 5 heteroatoms. The molecule has 1 atom stereocenters. The SMILES string of the molecule is Cc1cc(C(O)c2ccc(C(=O)O)o2)ccc1F. The largest absolute Gasteiger partial charge is 0.475 e. The lowest BCUT2D eigenvalue weighted by atomic mass is 10.0. The molecule has 0 radical (unpaired) electrons. The molecule has 1 unspecified atom stereocenters. The van der Waals surface area contributed by atoms with Crippen LogP contribution >= 0.6 is 0 Å². The molecule has 94 valence electrons. The predicted molar refractivity (Wildman–Crippen MR) is 60.9 cm³/mol. The second kappa shape index (κ2) is 4.62. The minimum Gasteiger partial charge on any atom is -0.475 e. The number of aromatic carboxylic acids is 1. The highest BCUT2D eigenvalue weighted by Crippen LogP contribution is 2.25. The summed E-state index contributed by atoms with van der Waals surface area (Å²) in [5, 5.41) is 18.7. The molecule has 1 aromatic carbocycles. The van der Waals surface area contributed by atoms with Crippen LogP contribution in [0.3, 0.4) is 0 Å². The Labute approximate surface area is 102 Å². The number of furan rings is 1. The van der Waals surface area contributed by atoms with Crippen LogP contribution in [0.5, 0.6) is 0 Å². The van der Waals surface area contributed by atoms with Crippen molar-refractivity contribution in [2.45, 2.75) is 13.0 Å². The first-order valence-electron chi connectivity index (χ1n) is 5.26. The number of halogens is 1. The number of carboxylic acid groups (broad SMARTS) is 1. The van der Waals surface area contributed by atoms with Gasteiger partial charge in [-0.25, -0.2) is 9.18 Å². The number of aliphatic hydroxyl groups is 1. The molecule has 0 saturated heterocycles. The Kier molecular flexibility index (Phi) is 3.16. The fraction of sp³-hybridized carbons (Fsp3) is 0.154. The van der Waals surface area contributed by atoms with E-state index < -0.39 is 12.1 Å². The van der Waals surface area contributed by atoms with E-state index in [0.29, 0.717) is 11.1 Å². The Morgan fingerprint density at radius 2 is 2.06 bits per heavy atom. The molecule has 0 amide bonds. The van der Waals surface area contributed by atoms with Crippen molar-refractivity contribution < 1.29 is 23.8 Å². The zero-order chi connectivity index (χ0) is 13.3. The summed E-state index contributed by atoms with van der Waals surface area (Å²) in [6.45, 7) is 1.58. The quantitative estimate of drug-likeness (QED) is 0.878. The zero-order valence-electron chi connectivity index (χ0n) is 9.55. The minimum absolute atomic E-state index is 0.110. The van der Waals surface area contributed by atoms with Crippen LogP contribution in [-0.2, 0) is 0 Å². The van der Waals surface area contributed by atoms with E-state index in [1.807, 2.05) is 0 Å². The van der Waals surface area contributed by atoms with Crippen LogP contribution in [0.15, 0.2) is 34.7 Å². The maximum absolute atomic E-state index is 13.1. The highest BCUT2D eigenvalue weighted by molar-refractivity contribution is 5.84. The standard InChI is InChI=1S/C13H11FO4/c1-7-6-8(2-3-9(7)14)12(15)10-4-5-11(18-10)13(16)17/h2-6,12,15H,1H3,(H,16,17). The van der Waals surface area contributed by atoms with Crippen molar-refractivity contribution in [3.63, 3.8) is 0 Å². The van der Waals surface area contributed by atoms with Crippen LogP contribution in [0, 0.1) is 12.7 Å². The Morgan fingerprint density at radius 3 is 2.61 bits per heavy atom. The second-order valence-corrected chi connectivity index (χ2v) is 3.92. The molecule has 0 spiro atoms. The van der Waals surface area contributed by atoms with Gasteiger partial charge in [-0.1, -0.05) is 12.1 Å². The third-order valence-corrected chi connectivity index (χ3v) is 2.60. The van der Waals surface area contributed by atoms with Crippen molar-refractivity contribution in [1.29, 1.82) is 0 Å². The van der Waals surface area contributed by atoms with Gasteiger partial charge in [-0.2, -0.15) is 0 Å². The predicted octanol–water partition coefficient (Wildman–Crippen LogP) is 2.51. The van der Waals surface area contributed by atoms with E-state index in [1.165, 1.54) is 30.3 Å². The smallest absolute Gasteiger partial charge is 0.371 e. The molecule has 0 aliphatic carbocycles. The number of carboxylic acids is 1. The van der Waals surface area contributed by atoms with E-state index in [2.05, 4.69) is 0 Å². The molecule has 2 aromatic rings. The van der Waals surface area contributed by atoms with Crippen molar-refractivity contribution in [3.8, 4) is 0 Å². The number of benzene rings is 1. The summed E-state index contributed by atoms with van der Waals surface area (Å²) < 4.78 is 18.1. The van der Waals surface area contributed by atoms with Gasteiger partial charge in [-0.15, -0.1) is 0 Å². The van der Waals surface area contributed by atoms with Gasteiger partial charge in [0.25, 0.3) is 0 Å². The van der Waals surface area contributed by atoms with Gasteiger partial charge in [0, 0.05) is 0 Å². The molecule has 2 rings (SSSR count). The van der Waals surface area contributed by atoms with E-state index >= 15 is 0 Å². The van der Waals surface area contributed by atoms with Crippen molar-refractivity contribution in [2.24, 2.45) is 0 Å². The highest BCUT2D eigenvalue weighted by Gasteiger charge is 2.17. The second-order valence-electron chi connectivity index (χ2n) is 3.92. The van der Waals surface area contributed by atoms with Crippen LogP contribution < -0.4 is 0 Å². The van der Waals surface area contributed by atoms with Crippen molar-refractivity contribution in [3.05, 3.63) is 58.8 Å². The molecule has 0 aliphatic heterocycles. The summed E-state index contributed by atoms with van der Waals surface area (Å²) >= 11 is 0. The lowest BCUT2D eigenvalue weighted by molar-refractivity contribution is 0.0655. The summed E-state index contributed by atoms with van der Waals surface area (Å²) in [6.07, 6.45) is -1.11. The Morgan fingerprint density at radius 1 is 1.33 bits per heavy atom. The number of rotatable bonds is 3. The summed E-state index contributed by atoms with van der Waals surface area (Å²) in [5.74, 6) is -1.71. The van der Waals surface area contributed by atoms with Gasteiger partial charge in [-0.05, 0) is 36.2 Å². The number of hydrogen-bond acceptors (Lipinski definition) is 3. The van der Waals surface area contributed by atoms with Gasteiger partial charge in [0.2, 0.25) is 5.76 Å². The van der Waals surface area contributed by atoms with E-state index in [9.17, 15) is 14.3 Å². The molecule has 0 fully saturated rings. The summed E-state index contributed by atoms with van der Waals surface area (Å²) in [4.78, 5) is 10.6. The summed E-state index contributed by atoms with van der Waals surface area (Å²) in [7, 11) is 0. The molecule has 4 nitrogen and oxygen atoms in total. The van der Waals surface area contributed by atoms with Crippen LogP contribution in [0.25, 0.3) is 0 Å². The van der Waals surface area contributed by atoms with Gasteiger partial charge >= 0.3 is 5.97 Å². The molecular weight excluding hydrogens is 239 g/mol. The third-order valence-electron chi connectivity index (χ3n) is 2.60. The number of aliphatic hydroxyl groups excluding tert-OH is 1. The van der Waals surface area contributed by atoms with Gasteiger partial charge in [0.15, 0.2) is 0 Å². The molecule has 18 heavy (non-hydrogen) atoms. The maximum Gasteiger partial charge on any atom is 0.371 e. The van der Waals surface area contributed by atoms with E-state index in [1.54, 1.807) is 6.92 Å².